The van der Waals surface area contributed by atoms with E-state index in [0.29, 0.717) is 50.0 Å². The number of hydrogen-bond acceptors (Lipinski definition) is 16. The largest absolute Gasteiger partial charge is 0.508 e. The molecule has 480 valence electrons. The molecule has 1 aromatic rings. The molecule has 2 fully saturated rings. The number of amides is 10. The zero-order chi connectivity index (χ0) is 64.5. The van der Waals surface area contributed by atoms with Crippen LogP contribution in [-0.4, -0.2) is 201 Å². The Morgan fingerprint density at radius 3 is 1.81 bits per heavy atom. The van der Waals surface area contributed by atoms with Gasteiger partial charge in [-0.25, -0.2) is 4.79 Å². The van der Waals surface area contributed by atoms with Crippen molar-refractivity contribution in [3.8, 4) is 5.75 Å². The summed E-state index contributed by atoms with van der Waals surface area (Å²) in [5.74, 6) is -11.4. The van der Waals surface area contributed by atoms with Crippen LogP contribution in [0.1, 0.15) is 118 Å². The van der Waals surface area contributed by atoms with Gasteiger partial charge in [-0.3, -0.25) is 57.7 Å². The molecule has 0 saturated carbocycles. The van der Waals surface area contributed by atoms with E-state index in [0.717, 1.165) is 0 Å². The molecule has 2 saturated heterocycles. The van der Waals surface area contributed by atoms with E-state index in [2.05, 4.69) is 47.5 Å². The highest BCUT2D eigenvalue weighted by Gasteiger charge is 2.41. The lowest BCUT2D eigenvalue weighted by Gasteiger charge is -2.30. The molecule has 2 aliphatic rings. The summed E-state index contributed by atoms with van der Waals surface area (Å²) in [4.78, 5) is 168. The molecule has 2 aliphatic heterocycles. The van der Waals surface area contributed by atoms with E-state index >= 15 is 0 Å². The molecule has 0 aliphatic carbocycles. The minimum atomic E-state index is -1.77. The average Bonchev–Trinajstić information content (AvgIpc) is 2.69. The van der Waals surface area contributed by atoms with Crippen LogP contribution < -0.4 is 59.7 Å². The van der Waals surface area contributed by atoms with Crippen LogP contribution in [-0.2, 0) is 64.0 Å². The van der Waals surface area contributed by atoms with Gasteiger partial charge >= 0.3 is 11.9 Å². The number of phenols is 1. The number of carbonyl (C=O) groups excluding carboxylic acids is 10. The monoisotopic (exact) mass is 1230 g/mol. The lowest BCUT2D eigenvalue weighted by Crippen LogP contribution is -2.60. The molecule has 17 N–H and O–H groups in total. The van der Waals surface area contributed by atoms with Crippen LogP contribution in [0.15, 0.2) is 29.3 Å². The number of aliphatic carboxylic acids is 2. The van der Waals surface area contributed by atoms with Crippen LogP contribution in [0.4, 0.5) is 0 Å². The lowest BCUT2D eigenvalue weighted by molar-refractivity contribution is -0.143. The number of aromatic hydroxyl groups is 1. The number of nitrogens with one attached hydrogen (secondary N) is 8. The number of phenolic OH excluding ortho intramolecular Hbond substituents is 1. The Bertz CT molecular complexity index is 2570. The number of guanidine groups is 1. The fraction of sp³-hybridized carbons (Fsp3) is 0.661. The molecular weight excluding hydrogens is 1140 g/mol. The van der Waals surface area contributed by atoms with Crippen LogP contribution in [0.25, 0.3) is 0 Å². The molecule has 0 spiro atoms. The van der Waals surface area contributed by atoms with Crippen LogP contribution >= 0.6 is 11.8 Å². The van der Waals surface area contributed by atoms with Gasteiger partial charge < -0.3 is 84.9 Å². The van der Waals surface area contributed by atoms with Gasteiger partial charge in [-0.2, -0.15) is 11.8 Å². The van der Waals surface area contributed by atoms with E-state index in [1.54, 1.807) is 53.3 Å². The highest BCUT2D eigenvalue weighted by Crippen LogP contribution is 2.22. The SMILES string of the molecule is CC[C@H](C)[C@H](NC(=O)[C@H](C)NC(=O)[C@H](CC(=O)O)NC(=O)[C@@H]1CCCN1C(=O)CNC(=O)[C@@H](NC(=O)[C@@H]1CCCN1C(=O)[C@@H](N)CCSC)C(C)C)C(=O)N[C@@H](CC(C)C)C(=O)N[C@@H](CCCN=C(N)N)C(=O)N[C@@H](Cc1ccc(O)cc1)C(=O)O. The normalized spacial score (nSPS) is 17.9. The summed E-state index contributed by atoms with van der Waals surface area (Å²) in [6, 6.07) is -6.89. The third-order valence-electron chi connectivity index (χ3n) is 14.8. The maximum absolute atomic E-state index is 14.2. The molecular formula is C56H90N14O15S. The van der Waals surface area contributed by atoms with Crippen molar-refractivity contribution in [2.75, 3.05) is 38.2 Å². The Morgan fingerprint density at radius 1 is 0.674 bits per heavy atom. The summed E-state index contributed by atoms with van der Waals surface area (Å²) in [7, 11) is 0. The molecule has 86 heavy (non-hydrogen) atoms. The van der Waals surface area contributed by atoms with Crippen molar-refractivity contribution >= 4 is 88.7 Å². The number of thioether (sulfide) groups is 1. The van der Waals surface area contributed by atoms with Gasteiger partial charge in [0, 0.05) is 26.1 Å². The minimum absolute atomic E-state index is 0.0343. The third-order valence-corrected chi connectivity index (χ3v) is 15.4. The van der Waals surface area contributed by atoms with E-state index in [9.17, 15) is 72.9 Å². The van der Waals surface area contributed by atoms with Crippen molar-refractivity contribution in [1.29, 1.82) is 0 Å². The standard InChI is InChI=1S/C56H90N14O15S/c1-9-31(6)45(53(82)65-37(25-29(2)3)49(78)63-36(13-10-21-60-56(58)59)47(76)66-39(55(84)85)26-33-16-18-34(71)19-17-33)68-46(75)32(7)62-48(77)38(27-43(73)74)64-50(79)40-14-11-22-69(40)42(72)28-61-52(81)44(30(4)5)67-51(80)41-15-12-23-70(41)54(83)35(57)20-24-86-8/h16-19,29-32,35-41,44-45,71H,9-15,20-28,57H2,1-8H3,(H,61,81)(H,62,77)(H,63,78)(H,64,79)(H,65,82)(H,66,76)(H,67,80)(H,68,75)(H,73,74)(H,84,85)(H4,58,59,60)/t31-,32-,35-,36-,37-,38-,39-,40-,41-,44-,45-/m0/s1. The molecule has 30 heteroatoms. The predicted octanol–water partition coefficient (Wildman–Crippen LogP) is -2.11. The summed E-state index contributed by atoms with van der Waals surface area (Å²) in [6.45, 7) is 11.4. The number of nitrogens with two attached hydrogens (primary N) is 3. The first-order chi connectivity index (χ1) is 40.5. The number of likely N-dealkylation sites (tertiary alicyclic amines) is 2. The first-order valence-electron chi connectivity index (χ1n) is 29.0. The molecule has 3 rings (SSSR count). The smallest absolute Gasteiger partial charge is 0.326 e. The van der Waals surface area contributed by atoms with E-state index in [-0.39, 0.29) is 68.7 Å². The van der Waals surface area contributed by atoms with Crippen molar-refractivity contribution in [2.24, 2.45) is 39.9 Å². The molecule has 0 radical (unpaired) electrons. The third kappa shape index (κ3) is 23.3. The van der Waals surface area contributed by atoms with Gasteiger partial charge in [-0.05, 0) is 106 Å². The molecule has 2 heterocycles. The Hall–Kier alpha value is -7.76. The molecule has 11 atom stereocenters. The average molecular weight is 1230 g/mol. The summed E-state index contributed by atoms with van der Waals surface area (Å²) in [5, 5.41) is 49.9. The zero-order valence-corrected chi connectivity index (χ0v) is 51.2. The zero-order valence-electron chi connectivity index (χ0n) is 50.4. The maximum atomic E-state index is 14.2. The van der Waals surface area contributed by atoms with Gasteiger partial charge in [0.1, 0.15) is 60.1 Å². The fourth-order valence-corrected chi connectivity index (χ4v) is 10.2. The van der Waals surface area contributed by atoms with Gasteiger partial charge in [-0.1, -0.05) is 60.1 Å². The van der Waals surface area contributed by atoms with Gasteiger partial charge in [0.25, 0.3) is 0 Å². The second-order valence-corrected chi connectivity index (χ2v) is 23.5. The highest BCUT2D eigenvalue weighted by molar-refractivity contribution is 7.98. The Labute approximate surface area is 505 Å². The van der Waals surface area contributed by atoms with Crippen LogP contribution in [0.2, 0.25) is 0 Å². The topological polar surface area (TPSA) is 459 Å². The minimum Gasteiger partial charge on any atom is -0.508 e. The number of benzene rings is 1. The number of carbonyl (C=O) groups is 12. The maximum Gasteiger partial charge on any atom is 0.326 e. The number of rotatable bonds is 35. The van der Waals surface area contributed by atoms with Gasteiger partial charge in [0.15, 0.2) is 5.96 Å². The number of aliphatic imine (C=N–C) groups is 1. The number of carboxylic acids is 2. The van der Waals surface area contributed by atoms with Crippen molar-refractivity contribution in [3.63, 3.8) is 0 Å². The first-order valence-corrected chi connectivity index (χ1v) is 30.4. The second kappa shape index (κ2) is 35.6. The fourth-order valence-electron chi connectivity index (χ4n) is 9.74. The van der Waals surface area contributed by atoms with Gasteiger partial charge in [-0.15, -0.1) is 0 Å². The van der Waals surface area contributed by atoms with E-state index in [1.165, 1.54) is 41.0 Å². The lowest BCUT2D eigenvalue weighted by atomic mass is 9.96. The van der Waals surface area contributed by atoms with Gasteiger partial charge in [0.2, 0.25) is 59.1 Å². The molecule has 10 amide bonds. The number of nitrogens with zero attached hydrogens (tertiary/aromatic N) is 3. The molecule has 29 nitrogen and oxygen atoms in total. The molecule has 0 bridgehead atoms. The quantitative estimate of drug-likeness (QED) is 0.0196. The van der Waals surface area contributed by atoms with Crippen LogP contribution in [0.3, 0.4) is 0 Å². The van der Waals surface area contributed by atoms with E-state index < -0.39 is 150 Å². The summed E-state index contributed by atoms with van der Waals surface area (Å²) in [6.07, 6.45) is 3.03. The molecule has 1 aromatic carbocycles. The second-order valence-electron chi connectivity index (χ2n) is 22.5. The van der Waals surface area contributed by atoms with Crippen molar-refractivity contribution in [2.45, 2.75) is 180 Å². The van der Waals surface area contributed by atoms with Gasteiger partial charge in [0.05, 0.1) is 19.0 Å². The van der Waals surface area contributed by atoms with Crippen molar-refractivity contribution in [1.82, 2.24) is 52.3 Å². The summed E-state index contributed by atoms with van der Waals surface area (Å²) < 4.78 is 0. The summed E-state index contributed by atoms with van der Waals surface area (Å²) >= 11 is 1.54. The van der Waals surface area contributed by atoms with E-state index in [4.69, 9.17) is 17.2 Å². The summed E-state index contributed by atoms with van der Waals surface area (Å²) in [5.41, 5.74) is 17.5. The predicted molar refractivity (Wildman–Crippen MR) is 318 cm³/mol. The van der Waals surface area contributed by atoms with Crippen LogP contribution in [0, 0.1) is 17.8 Å². The van der Waals surface area contributed by atoms with Crippen molar-refractivity contribution in [3.05, 3.63) is 29.8 Å². The first kappa shape index (κ1) is 72.5. The Balaban J connectivity index is 1.70. The van der Waals surface area contributed by atoms with Crippen molar-refractivity contribution < 1.29 is 72.9 Å². The number of carboxylic acid groups (broad SMARTS) is 2. The number of hydrogen-bond donors (Lipinski definition) is 14. The Morgan fingerprint density at radius 2 is 1.24 bits per heavy atom. The van der Waals surface area contributed by atoms with E-state index in [1.807, 2.05) is 6.26 Å². The van der Waals surface area contributed by atoms with Crippen LogP contribution in [0.5, 0.6) is 5.75 Å². The Kier molecular flexibility index (Phi) is 30.0. The molecule has 0 unspecified atom stereocenters. The highest BCUT2D eigenvalue weighted by atomic mass is 32.2. The molecule has 0 aromatic heterocycles.